The van der Waals surface area contributed by atoms with Crippen molar-refractivity contribution < 1.29 is 9.63 Å². The Morgan fingerprint density at radius 2 is 2.27 bits per heavy atom. The summed E-state index contributed by atoms with van der Waals surface area (Å²) in [6.07, 6.45) is 0.740. The van der Waals surface area contributed by atoms with Crippen LogP contribution in [0.4, 0.5) is 0 Å². The Morgan fingerprint density at radius 3 is 2.80 bits per heavy atom. The van der Waals surface area contributed by atoms with Gasteiger partial charge in [-0.05, 0) is 0 Å². The molecule has 0 fully saturated rings. The van der Waals surface area contributed by atoms with Crippen molar-refractivity contribution in [3.05, 3.63) is 11.7 Å². The van der Waals surface area contributed by atoms with E-state index in [0.717, 1.165) is 13.0 Å². The summed E-state index contributed by atoms with van der Waals surface area (Å²) >= 11 is 0. The van der Waals surface area contributed by atoms with E-state index in [1.807, 2.05) is 11.8 Å². The fourth-order valence-corrected chi connectivity index (χ4v) is 1.29. The predicted molar refractivity (Wildman–Crippen MR) is 55.1 cm³/mol. The minimum Gasteiger partial charge on any atom is -0.395 e. The highest BCUT2D eigenvalue weighted by Crippen LogP contribution is 2.01. The minimum atomic E-state index is 0.110. The van der Waals surface area contributed by atoms with Crippen molar-refractivity contribution in [3.8, 4) is 0 Å². The molecular formula is C9H18N4O2. The molecular weight excluding hydrogens is 196 g/mol. The molecule has 0 aliphatic carbocycles. The quantitative estimate of drug-likeness (QED) is 0.629. The van der Waals surface area contributed by atoms with Crippen LogP contribution in [0.5, 0.6) is 0 Å². The van der Waals surface area contributed by atoms with E-state index in [1.54, 1.807) is 0 Å². The molecule has 0 aromatic carbocycles. The lowest BCUT2D eigenvalue weighted by Crippen LogP contribution is -2.31. The van der Waals surface area contributed by atoms with Crippen molar-refractivity contribution in [2.45, 2.75) is 19.9 Å². The van der Waals surface area contributed by atoms with Gasteiger partial charge in [0.1, 0.15) is 0 Å². The van der Waals surface area contributed by atoms with E-state index in [9.17, 15) is 0 Å². The maximum absolute atomic E-state index is 8.85. The van der Waals surface area contributed by atoms with Crippen molar-refractivity contribution in [1.29, 1.82) is 0 Å². The summed E-state index contributed by atoms with van der Waals surface area (Å²) < 4.78 is 4.99. The van der Waals surface area contributed by atoms with Crippen LogP contribution in [0.2, 0.25) is 0 Å². The molecule has 1 heterocycles. The Labute approximate surface area is 89.1 Å². The van der Waals surface area contributed by atoms with Gasteiger partial charge in [-0.1, -0.05) is 12.1 Å². The molecule has 0 spiro atoms. The highest BCUT2D eigenvalue weighted by Gasteiger charge is 2.09. The third kappa shape index (κ3) is 3.94. The summed E-state index contributed by atoms with van der Waals surface area (Å²) in [5.41, 5.74) is 5.46. The third-order valence-corrected chi connectivity index (χ3v) is 2.04. The molecule has 86 valence electrons. The molecule has 0 unspecified atom stereocenters. The second-order valence-electron chi connectivity index (χ2n) is 3.25. The monoisotopic (exact) mass is 214 g/mol. The van der Waals surface area contributed by atoms with Gasteiger partial charge in [0.25, 0.3) is 0 Å². The van der Waals surface area contributed by atoms with Gasteiger partial charge in [-0.3, -0.25) is 4.90 Å². The lowest BCUT2D eigenvalue weighted by Gasteiger charge is -2.17. The molecule has 0 aliphatic heterocycles. The van der Waals surface area contributed by atoms with E-state index in [2.05, 4.69) is 10.1 Å². The lowest BCUT2D eigenvalue weighted by molar-refractivity contribution is 0.189. The number of aryl methyl sites for hydroxylation is 1. The smallest absolute Gasteiger partial charge is 0.226 e. The number of hydrogen-bond donors (Lipinski definition) is 2. The van der Waals surface area contributed by atoms with Crippen LogP contribution in [0.25, 0.3) is 0 Å². The number of aromatic nitrogens is 2. The first-order valence-corrected chi connectivity index (χ1v) is 5.14. The van der Waals surface area contributed by atoms with Gasteiger partial charge in [0.15, 0.2) is 5.82 Å². The zero-order valence-corrected chi connectivity index (χ0v) is 9.02. The molecule has 0 saturated carbocycles. The van der Waals surface area contributed by atoms with E-state index < -0.39 is 0 Å². The molecule has 15 heavy (non-hydrogen) atoms. The molecule has 0 amide bonds. The van der Waals surface area contributed by atoms with Gasteiger partial charge in [-0.2, -0.15) is 4.98 Å². The van der Waals surface area contributed by atoms with Gasteiger partial charge in [0.05, 0.1) is 13.2 Å². The van der Waals surface area contributed by atoms with Gasteiger partial charge in [-0.15, -0.1) is 0 Å². The SMILES string of the molecule is CCc1nc(CN(CCN)CCO)no1. The van der Waals surface area contributed by atoms with Gasteiger partial charge in [0, 0.05) is 26.1 Å². The van der Waals surface area contributed by atoms with Crippen molar-refractivity contribution in [2.24, 2.45) is 5.73 Å². The summed E-state index contributed by atoms with van der Waals surface area (Å²) in [6.45, 7) is 4.49. The van der Waals surface area contributed by atoms with Crippen LogP contribution in [-0.2, 0) is 13.0 Å². The Kier molecular flexibility index (Phi) is 5.23. The predicted octanol–water partition coefficient (Wildman–Crippen LogP) is -0.615. The molecule has 0 bridgehead atoms. The maximum Gasteiger partial charge on any atom is 0.226 e. The summed E-state index contributed by atoms with van der Waals surface area (Å²) in [5.74, 6) is 1.29. The number of rotatable bonds is 7. The molecule has 0 saturated heterocycles. The van der Waals surface area contributed by atoms with Crippen molar-refractivity contribution in [3.63, 3.8) is 0 Å². The molecule has 1 aromatic heterocycles. The molecule has 3 N–H and O–H groups in total. The van der Waals surface area contributed by atoms with E-state index in [-0.39, 0.29) is 6.61 Å². The van der Waals surface area contributed by atoms with E-state index >= 15 is 0 Å². The first kappa shape index (κ1) is 12.1. The number of nitrogens with zero attached hydrogens (tertiary/aromatic N) is 3. The molecule has 1 rings (SSSR count). The number of aliphatic hydroxyl groups is 1. The zero-order chi connectivity index (χ0) is 11.1. The number of aliphatic hydroxyl groups excluding tert-OH is 1. The van der Waals surface area contributed by atoms with Crippen LogP contribution >= 0.6 is 0 Å². The molecule has 0 radical (unpaired) electrons. The van der Waals surface area contributed by atoms with Crippen LogP contribution in [-0.4, -0.2) is 46.4 Å². The highest BCUT2D eigenvalue weighted by atomic mass is 16.5. The Hall–Kier alpha value is -0.980. The lowest BCUT2D eigenvalue weighted by atomic mass is 10.4. The van der Waals surface area contributed by atoms with E-state index in [4.69, 9.17) is 15.4 Å². The second kappa shape index (κ2) is 6.49. The van der Waals surface area contributed by atoms with Gasteiger partial charge in [0.2, 0.25) is 5.89 Å². The second-order valence-corrected chi connectivity index (χ2v) is 3.25. The molecule has 1 aromatic rings. The fraction of sp³-hybridized carbons (Fsp3) is 0.778. The van der Waals surface area contributed by atoms with Crippen LogP contribution in [0.15, 0.2) is 4.52 Å². The molecule has 0 aliphatic rings. The molecule has 6 nitrogen and oxygen atoms in total. The highest BCUT2D eigenvalue weighted by molar-refractivity contribution is 4.85. The summed E-state index contributed by atoms with van der Waals surface area (Å²) in [5, 5.41) is 12.7. The number of hydrogen-bond acceptors (Lipinski definition) is 6. The topological polar surface area (TPSA) is 88.4 Å². The van der Waals surface area contributed by atoms with E-state index in [0.29, 0.717) is 31.3 Å². The Balaban J connectivity index is 2.48. The van der Waals surface area contributed by atoms with Crippen molar-refractivity contribution in [2.75, 3.05) is 26.2 Å². The average molecular weight is 214 g/mol. The van der Waals surface area contributed by atoms with Crippen molar-refractivity contribution >= 4 is 0 Å². The first-order valence-electron chi connectivity index (χ1n) is 5.14. The van der Waals surface area contributed by atoms with Gasteiger partial charge in [-0.25, -0.2) is 0 Å². The average Bonchev–Trinajstić information content (AvgIpc) is 2.66. The minimum absolute atomic E-state index is 0.110. The largest absolute Gasteiger partial charge is 0.395 e. The van der Waals surface area contributed by atoms with Crippen LogP contribution in [0.3, 0.4) is 0 Å². The van der Waals surface area contributed by atoms with Crippen molar-refractivity contribution in [1.82, 2.24) is 15.0 Å². The van der Waals surface area contributed by atoms with Gasteiger partial charge < -0.3 is 15.4 Å². The third-order valence-electron chi connectivity index (χ3n) is 2.04. The summed E-state index contributed by atoms with van der Waals surface area (Å²) in [6, 6.07) is 0. The first-order chi connectivity index (χ1) is 7.30. The standard InChI is InChI=1S/C9H18N4O2/c1-2-9-11-8(12-15-9)7-13(4-3-10)5-6-14/h14H,2-7,10H2,1H3. The zero-order valence-electron chi connectivity index (χ0n) is 9.02. The summed E-state index contributed by atoms with van der Waals surface area (Å²) in [7, 11) is 0. The number of nitrogens with two attached hydrogens (primary N) is 1. The van der Waals surface area contributed by atoms with Crippen LogP contribution < -0.4 is 5.73 Å². The molecule has 6 heteroatoms. The van der Waals surface area contributed by atoms with Crippen LogP contribution in [0, 0.1) is 0 Å². The normalized spacial score (nSPS) is 11.2. The van der Waals surface area contributed by atoms with Crippen LogP contribution in [0.1, 0.15) is 18.6 Å². The summed E-state index contributed by atoms with van der Waals surface area (Å²) in [4.78, 5) is 6.18. The maximum atomic E-state index is 8.85. The van der Waals surface area contributed by atoms with E-state index in [1.165, 1.54) is 0 Å². The Bertz CT molecular complexity index is 271. The Morgan fingerprint density at radius 1 is 1.47 bits per heavy atom. The fourth-order valence-electron chi connectivity index (χ4n) is 1.29. The molecule has 0 atom stereocenters. The van der Waals surface area contributed by atoms with Gasteiger partial charge >= 0.3 is 0 Å².